The Labute approximate surface area is 121 Å². The second-order valence-electron chi connectivity index (χ2n) is 4.47. The summed E-state index contributed by atoms with van der Waals surface area (Å²) in [6.45, 7) is 2.12. The lowest BCUT2D eigenvalue weighted by Crippen LogP contribution is -1.75. The number of aryl methyl sites for hydroxylation is 1. The highest BCUT2D eigenvalue weighted by Gasteiger charge is 2.09. The van der Waals surface area contributed by atoms with Crippen molar-refractivity contribution in [3.63, 3.8) is 0 Å². The van der Waals surface area contributed by atoms with Crippen LogP contribution in [0.15, 0.2) is 58.8 Å². The molecule has 0 radical (unpaired) electrons. The minimum Gasteiger partial charge on any atom is -0.504 e. The molecule has 20 heavy (non-hydrogen) atoms. The van der Waals surface area contributed by atoms with Crippen LogP contribution in [0.2, 0.25) is 0 Å². The molecule has 100 valence electrons. The molecule has 3 rings (SSSR count). The fourth-order valence-electron chi connectivity index (χ4n) is 1.99. The molecule has 0 atom stereocenters. The third-order valence-corrected chi connectivity index (χ3v) is 4.20. The first-order chi connectivity index (χ1) is 9.78. The van der Waals surface area contributed by atoms with Crippen LogP contribution in [-0.2, 0) is 6.42 Å². The van der Waals surface area contributed by atoms with E-state index in [-0.39, 0.29) is 5.75 Å². The van der Waals surface area contributed by atoms with E-state index in [2.05, 4.69) is 17.2 Å². The molecular weight excluding hydrogens is 268 g/mol. The van der Waals surface area contributed by atoms with Gasteiger partial charge in [0.15, 0.2) is 10.8 Å². The molecule has 0 bridgehead atoms. The lowest BCUT2D eigenvalue weighted by molar-refractivity contribution is 0.484. The molecular formula is C16H14N2OS. The molecule has 3 nitrogen and oxygen atoms in total. The number of nitrogens with zero attached hydrogens (tertiary/aromatic N) is 2. The Kier molecular flexibility index (Phi) is 3.48. The van der Waals surface area contributed by atoms with Crippen LogP contribution in [0.3, 0.4) is 0 Å². The van der Waals surface area contributed by atoms with Crippen LogP contribution in [0.1, 0.15) is 12.5 Å². The Balaban J connectivity index is 1.91. The van der Waals surface area contributed by atoms with Gasteiger partial charge in [-0.2, -0.15) is 0 Å². The smallest absolute Gasteiger partial charge is 0.181 e. The van der Waals surface area contributed by atoms with Gasteiger partial charge in [-0.25, -0.2) is 0 Å². The predicted molar refractivity (Wildman–Crippen MR) is 83.5 cm³/mol. The Morgan fingerprint density at radius 2 is 1.75 bits per heavy atom. The van der Waals surface area contributed by atoms with Crippen molar-refractivity contribution in [2.75, 3.05) is 0 Å². The largest absolute Gasteiger partial charge is 0.504 e. The normalized spacial score (nSPS) is 11.4. The van der Waals surface area contributed by atoms with Gasteiger partial charge in [0, 0.05) is 10.1 Å². The second kappa shape index (κ2) is 5.43. The third-order valence-electron chi connectivity index (χ3n) is 3.15. The maximum Gasteiger partial charge on any atom is 0.181 e. The summed E-state index contributed by atoms with van der Waals surface area (Å²) in [4.78, 5) is 0. The topological polar surface area (TPSA) is 45.0 Å². The van der Waals surface area contributed by atoms with E-state index in [0.29, 0.717) is 5.00 Å². The lowest BCUT2D eigenvalue weighted by atomic mass is 10.2. The number of benzene rings is 2. The van der Waals surface area contributed by atoms with Gasteiger partial charge in [0.1, 0.15) is 0 Å². The summed E-state index contributed by atoms with van der Waals surface area (Å²) >= 11 is 1.44. The van der Waals surface area contributed by atoms with Crippen LogP contribution in [0.4, 0.5) is 10.7 Å². The average Bonchev–Trinajstić information content (AvgIpc) is 2.83. The number of thiophene rings is 1. The van der Waals surface area contributed by atoms with Crippen molar-refractivity contribution in [3.05, 3.63) is 54.1 Å². The van der Waals surface area contributed by atoms with E-state index in [1.165, 1.54) is 16.9 Å². The van der Waals surface area contributed by atoms with E-state index in [1.54, 1.807) is 0 Å². The highest BCUT2D eigenvalue weighted by molar-refractivity contribution is 7.23. The zero-order chi connectivity index (χ0) is 13.9. The molecule has 1 aromatic heterocycles. The molecule has 4 heteroatoms. The van der Waals surface area contributed by atoms with Gasteiger partial charge in [0.2, 0.25) is 0 Å². The van der Waals surface area contributed by atoms with Crippen LogP contribution in [0.5, 0.6) is 5.75 Å². The minimum atomic E-state index is 0.208. The Morgan fingerprint density at radius 3 is 2.45 bits per heavy atom. The summed E-state index contributed by atoms with van der Waals surface area (Å²) in [6.07, 6.45) is 1.01. The fraction of sp³-hybridized carbons (Fsp3) is 0.125. The number of hydrogen-bond acceptors (Lipinski definition) is 4. The summed E-state index contributed by atoms with van der Waals surface area (Å²) in [7, 11) is 0. The van der Waals surface area contributed by atoms with E-state index in [4.69, 9.17) is 0 Å². The fourth-order valence-corrected chi connectivity index (χ4v) is 2.91. The predicted octanol–water partition coefficient (Wildman–Crippen LogP) is 5.58. The molecule has 0 saturated heterocycles. The van der Waals surface area contributed by atoms with E-state index >= 15 is 0 Å². The monoisotopic (exact) mass is 282 g/mol. The summed E-state index contributed by atoms with van der Waals surface area (Å²) in [5.74, 6) is 0.208. The SMILES string of the molecule is CCc1ccc(N=Nc2sc3ccccc3c2O)cc1. The highest BCUT2D eigenvalue weighted by Crippen LogP contribution is 2.43. The summed E-state index contributed by atoms with van der Waals surface area (Å²) < 4.78 is 1.01. The minimum absolute atomic E-state index is 0.208. The number of hydrogen-bond donors (Lipinski definition) is 1. The first kappa shape index (κ1) is 12.8. The first-order valence-corrected chi connectivity index (χ1v) is 7.30. The Bertz CT molecular complexity index is 760. The van der Waals surface area contributed by atoms with Gasteiger partial charge in [0.25, 0.3) is 0 Å². The van der Waals surface area contributed by atoms with E-state index in [9.17, 15) is 5.11 Å². The van der Waals surface area contributed by atoms with Crippen molar-refractivity contribution in [2.45, 2.75) is 13.3 Å². The Morgan fingerprint density at radius 1 is 1.00 bits per heavy atom. The van der Waals surface area contributed by atoms with Gasteiger partial charge in [-0.15, -0.1) is 21.6 Å². The van der Waals surface area contributed by atoms with Crippen molar-refractivity contribution in [2.24, 2.45) is 10.2 Å². The van der Waals surface area contributed by atoms with Gasteiger partial charge in [-0.05, 0) is 36.2 Å². The van der Waals surface area contributed by atoms with Crippen molar-refractivity contribution in [1.29, 1.82) is 0 Å². The summed E-state index contributed by atoms with van der Waals surface area (Å²) in [6, 6.07) is 15.7. The average molecular weight is 282 g/mol. The summed E-state index contributed by atoms with van der Waals surface area (Å²) in [5, 5.41) is 19.8. The van der Waals surface area contributed by atoms with Crippen molar-refractivity contribution in [1.82, 2.24) is 0 Å². The quantitative estimate of drug-likeness (QED) is 0.626. The highest BCUT2D eigenvalue weighted by atomic mass is 32.1. The molecule has 0 aliphatic rings. The van der Waals surface area contributed by atoms with Crippen LogP contribution in [0, 0.1) is 0 Å². The van der Waals surface area contributed by atoms with Gasteiger partial charge < -0.3 is 5.11 Å². The van der Waals surface area contributed by atoms with Gasteiger partial charge in [-0.1, -0.05) is 31.2 Å². The molecule has 0 unspecified atom stereocenters. The molecule has 0 spiro atoms. The van der Waals surface area contributed by atoms with Crippen LogP contribution in [-0.4, -0.2) is 5.11 Å². The van der Waals surface area contributed by atoms with Crippen LogP contribution in [0.25, 0.3) is 10.1 Å². The number of aromatic hydroxyl groups is 1. The standard InChI is InChI=1S/C16H14N2OS/c1-2-11-7-9-12(10-8-11)17-18-16-15(19)13-5-3-4-6-14(13)20-16/h3-10,19H,2H2,1H3. The lowest BCUT2D eigenvalue weighted by Gasteiger charge is -1.95. The molecule has 0 amide bonds. The van der Waals surface area contributed by atoms with Crippen molar-refractivity contribution in [3.8, 4) is 5.75 Å². The van der Waals surface area contributed by atoms with E-state index < -0.39 is 0 Å². The van der Waals surface area contributed by atoms with Gasteiger partial charge >= 0.3 is 0 Å². The van der Waals surface area contributed by atoms with Crippen LogP contribution >= 0.6 is 11.3 Å². The number of fused-ring (bicyclic) bond motifs is 1. The van der Waals surface area contributed by atoms with Gasteiger partial charge in [-0.3, -0.25) is 0 Å². The molecule has 0 saturated carbocycles. The molecule has 1 heterocycles. The molecule has 1 N–H and O–H groups in total. The zero-order valence-electron chi connectivity index (χ0n) is 11.1. The summed E-state index contributed by atoms with van der Waals surface area (Å²) in [5.41, 5.74) is 2.06. The van der Waals surface area contributed by atoms with Crippen molar-refractivity contribution >= 4 is 32.1 Å². The van der Waals surface area contributed by atoms with Crippen LogP contribution < -0.4 is 0 Å². The van der Waals surface area contributed by atoms with Gasteiger partial charge in [0.05, 0.1) is 5.69 Å². The Hall–Kier alpha value is -2.20. The zero-order valence-corrected chi connectivity index (χ0v) is 11.9. The number of rotatable bonds is 3. The van der Waals surface area contributed by atoms with Crippen molar-refractivity contribution < 1.29 is 5.11 Å². The maximum atomic E-state index is 10.1. The first-order valence-electron chi connectivity index (χ1n) is 6.49. The molecule has 0 fully saturated rings. The maximum absolute atomic E-state index is 10.1. The molecule has 0 aliphatic carbocycles. The van der Waals surface area contributed by atoms with E-state index in [1.807, 2.05) is 48.5 Å². The third kappa shape index (κ3) is 2.42. The van der Waals surface area contributed by atoms with E-state index in [0.717, 1.165) is 22.2 Å². The molecule has 2 aromatic carbocycles. The second-order valence-corrected chi connectivity index (χ2v) is 5.50. The molecule has 0 aliphatic heterocycles. The number of azo groups is 1. The molecule has 3 aromatic rings.